The minimum Gasteiger partial charge on any atom is -0.462 e. The second-order valence-corrected chi connectivity index (χ2v) is 14.4. The largest absolute Gasteiger partial charge is 0.462 e. The third kappa shape index (κ3) is 37.6. The molecule has 47 heavy (non-hydrogen) atoms. The fourth-order valence-electron chi connectivity index (χ4n) is 6.44. The molecule has 0 aliphatic carbocycles. The predicted molar refractivity (Wildman–Crippen MR) is 201 cm³/mol. The van der Waals surface area contributed by atoms with Gasteiger partial charge in [-0.05, 0) is 12.8 Å². The van der Waals surface area contributed by atoms with Crippen LogP contribution in [0.2, 0.25) is 0 Å². The number of unbranched alkanes of at least 4 members (excludes halogenated alkanes) is 31. The van der Waals surface area contributed by atoms with Crippen molar-refractivity contribution in [2.24, 2.45) is 0 Å². The van der Waals surface area contributed by atoms with Crippen molar-refractivity contribution < 1.29 is 24.2 Å². The summed E-state index contributed by atoms with van der Waals surface area (Å²) in [5, 5.41) is 9.51. The molecule has 5 nitrogen and oxygen atoms in total. The molecular formula is C42H82O5. The summed E-state index contributed by atoms with van der Waals surface area (Å²) in [6, 6.07) is 0. The Kier molecular flexibility index (Phi) is 38.4. The molecule has 0 aromatic heterocycles. The van der Waals surface area contributed by atoms with Crippen LogP contribution in [0.1, 0.15) is 239 Å². The molecule has 0 heterocycles. The normalized spacial score (nSPS) is 12.0. The van der Waals surface area contributed by atoms with E-state index >= 15 is 0 Å². The van der Waals surface area contributed by atoms with Gasteiger partial charge in [0.05, 0.1) is 6.61 Å². The van der Waals surface area contributed by atoms with Gasteiger partial charge in [-0.1, -0.05) is 213 Å². The Hall–Kier alpha value is -1.10. The van der Waals surface area contributed by atoms with E-state index in [2.05, 4.69) is 13.8 Å². The Morgan fingerprint density at radius 1 is 0.404 bits per heavy atom. The number of aliphatic hydroxyl groups excluding tert-OH is 1. The first kappa shape index (κ1) is 45.9. The zero-order valence-electron chi connectivity index (χ0n) is 31.8. The molecule has 1 unspecified atom stereocenters. The van der Waals surface area contributed by atoms with Gasteiger partial charge in [-0.3, -0.25) is 9.59 Å². The number of hydrogen-bond donors (Lipinski definition) is 1. The summed E-state index contributed by atoms with van der Waals surface area (Å²) in [7, 11) is 0. The van der Waals surface area contributed by atoms with Crippen LogP contribution in [0.25, 0.3) is 0 Å². The lowest BCUT2D eigenvalue weighted by atomic mass is 10.0. The monoisotopic (exact) mass is 667 g/mol. The van der Waals surface area contributed by atoms with E-state index in [1.165, 1.54) is 173 Å². The Bertz CT molecular complexity index is 637. The van der Waals surface area contributed by atoms with Crippen molar-refractivity contribution in [1.82, 2.24) is 0 Å². The van der Waals surface area contributed by atoms with Crippen LogP contribution in [0, 0.1) is 0 Å². The van der Waals surface area contributed by atoms with Gasteiger partial charge in [0.25, 0.3) is 0 Å². The molecule has 0 saturated heterocycles. The minimum atomic E-state index is -0.760. The number of carbonyl (C=O) groups is 2. The van der Waals surface area contributed by atoms with E-state index in [9.17, 15) is 14.7 Å². The van der Waals surface area contributed by atoms with E-state index in [0.717, 1.165) is 38.5 Å². The van der Waals surface area contributed by atoms with E-state index in [1.807, 2.05) is 0 Å². The first-order valence-corrected chi connectivity index (χ1v) is 21.1. The lowest BCUT2D eigenvalue weighted by Crippen LogP contribution is -2.28. The van der Waals surface area contributed by atoms with Gasteiger partial charge in [0.2, 0.25) is 0 Å². The number of hydrogen-bond acceptors (Lipinski definition) is 5. The lowest BCUT2D eigenvalue weighted by molar-refractivity contribution is -0.161. The van der Waals surface area contributed by atoms with Gasteiger partial charge in [-0.15, -0.1) is 0 Å². The van der Waals surface area contributed by atoms with Gasteiger partial charge in [-0.25, -0.2) is 0 Å². The maximum absolute atomic E-state index is 12.1. The highest BCUT2D eigenvalue weighted by Gasteiger charge is 2.16. The van der Waals surface area contributed by atoms with Crippen LogP contribution in [0.3, 0.4) is 0 Å². The van der Waals surface area contributed by atoms with Crippen molar-refractivity contribution in [3.8, 4) is 0 Å². The Balaban J connectivity index is 3.36. The van der Waals surface area contributed by atoms with E-state index in [4.69, 9.17) is 9.47 Å². The SMILES string of the molecule is CCCCCCCCCCCCCCCCCCCCCCCCCCCCC(=O)OC(CO)COC(=O)CCCCCCCCC. The average Bonchev–Trinajstić information content (AvgIpc) is 3.07. The van der Waals surface area contributed by atoms with Gasteiger partial charge in [-0.2, -0.15) is 0 Å². The van der Waals surface area contributed by atoms with Crippen LogP contribution >= 0.6 is 0 Å². The third-order valence-corrected chi connectivity index (χ3v) is 9.65. The molecule has 0 aliphatic rings. The van der Waals surface area contributed by atoms with Gasteiger partial charge >= 0.3 is 11.9 Å². The molecule has 1 N–H and O–H groups in total. The molecule has 0 aromatic rings. The number of esters is 2. The zero-order valence-corrected chi connectivity index (χ0v) is 31.8. The van der Waals surface area contributed by atoms with Crippen molar-refractivity contribution >= 4 is 11.9 Å². The Morgan fingerprint density at radius 3 is 0.936 bits per heavy atom. The van der Waals surface area contributed by atoms with Crippen molar-refractivity contribution in [3.63, 3.8) is 0 Å². The quantitative estimate of drug-likeness (QED) is 0.0522. The highest BCUT2D eigenvalue weighted by molar-refractivity contribution is 5.70. The fourth-order valence-corrected chi connectivity index (χ4v) is 6.44. The molecule has 280 valence electrons. The summed E-state index contributed by atoms with van der Waals surface area (Å²) < 4.78 is 10.5. The molecule has 0 radical (unpaired) electrons. The number of aliphatic hydroxyl groups is 1. The first-order valence-electron chi connectivity index (χ1n) is 21.1. The van der Waals surface area contributed by atoms with Crippen molar-refractivity contribution in [3.05, 3.63) is 0 Å². The number of rotatable bonds is 39. The summed E-state index contributed by atoms with van der Waals surface area (Å²) in [4.78, 5) is 24.1. The van der Waals surface area contributed by atoms with Crippen LogP contribution in [0.5, 0.6) is 0 Å². The summed E-state index contributed by atoms with van der Waals surface area (Å²) in [5.74, 6) is -0.583. The molecule has 0 rings (SSSR count). The van der Waals surface area contributed by atoms with Crippen LogP contribution in [0.4, 0.5) is 0 Å². The molecule has 0 bridgehead atoms. The standard InChI is InChI=1S/C42H82O5/c1-3-5-7-9-11-12-13-14-15-16-17-18-19-20-21-22-23-24-25-26-27-28-29-31-33-35-37-42(45)47-40(38-43)39-46-41(44)36-34-32-30-10-8-6-4-2/h40,43H,3-39H2,1-2H3. The fraction of sp³-hybridized carbons (Fsp3) is 0.952. The average molecular weight is 667 g/mol. The van der Waals surface area contributed by atoms with E-state index in [-0.39, 0.29) is 25.2 Å². The lowest BCUT2D eigenvalue weighted by Gasteiger charge is -2.15. The van der Waals surface area contributed by atoms with E-state index < -0.39 is 6.10 Å². The van der Waals surface area contributed by atoms with Crippen LogP contribution < -0.4 is 0 Å². The smallest absolute Gasteiger partial charge is 0.306 e. The predicted octanol–water partition coefficient (Wildman–Crippen LogP) is 13.1. The zero-order chi connectivity index (χ0) is 34.3. The molecule has 0 amide bonds. The summed E-state index contributed by atoms with van der Waals surface area (Å²) in [5.41, 5.74) is 0. The molecule has 0 aromatic carbocycles. The first-order chi connectivity index (χ1) is 23.1. The molecule has 5 heteroatoms. The second kappa shape index (κ2) is 39.3. The van der Waals surface area contributed by atoms with Crippen molar-refractivity contribution in [2.75, 3.05) is 13.2 Å². The highest BCUT2D eigenvalue weighted by Crippen LogP contribution is 2.16. The summed E-state index contributed by atoms with van der Waals surface area (Å²) in [6.07, 6.45) is 43.5. The maximum atomic E-state index is 12.1. The Morgan fingerprint density at radius 2 is 0.660 bits per heavy atom. The summed E-state index contributed by atoms with van der Waals surface area (Å²) >= 11 is 0. The molecule has 0 fully saturated rings. The van der Waals surface area contributed by atoms with Gasteiger partial charge in [0, 0.05) is 12.8 Å². The summed E-state index contributed by atoms with van der Waals surface area (Å²) in [6.45, 7) is 4.12. The van der Waals surface area contributed by atoms with Crippen LogP contribution in [0.15, 0.2) is 0 Å². The van der Waals surface area contributed by atoms with Crippen LogP contribution in [-0.2, 0) is 19.1 Å². The topological polar surface area (TPSA) is 72.8 Å². The molecule has 1 atom stereocenters. The van der Waals surface area contributed by atoms with Gasteiger partial charge in [0.1, 0.15) is 6.61 Å². The van der Waals surface area contributed by atoms with Crippen molar-refractivity contribution in [1.29, 1.82) is 0 Å². The second-order valence-electron chi connectivity index (χ2n) is 14.4. The molecule has 0 saturated carbocycles. The van der Waals surface area contributed by atoms with Crippen molar-refractivity contribution in [2.45, 2.75) is 245 Å². The third-order valence-electron chi connectivity index (χ3n) is 9.65. The molecule has 0 spiro atoms. The molecular weight excluding hydrogens is 584 g/mol. The number of ether oxygens (including phenoxy) is 2. The van der Waals surface area contributed by atoms with Gasteiger partial charge in [0.15, 0.2) is 6.10 Å². The van der Waals surface area contributed by atoms with E-state index in [0.29, 0.717) is 12.8 Å². The van der Waals surface area contributed by atoms with Crippen LogP contribution in [-0.4, -0.2) is 36.4 Å². The molecule has 0 aliphatic heterocycles. The number of carbonyl (C=O) groups excluding carboxylic acids is 2. The minimum absolute atomic E-state index is 0.0585. The Labute approximate surface area is 293 Å². The maximum Gasteiger partial charge on any atom is 0.306 e. The highest BCUT2D eigenvalue weighted by atomic mass is 16.6. The van der Waals surface area contributed by atoms with Gasteiger partial charge < -0.3 is 14.6 Å². The van der Waals surface area contributed by atoms with E-state index in [1.54, 1.807) is 0 Å².